The first-order valence-corrected chi connectivity index (χ1v) is 10.3. The highest BCUT2D eigenvalue weighted by Gasteiger charge is 2.54. The first-order valence-electron chi connectivity index (χ1n) is 8.13. The Kier molecular flexibility index (Phi) is 4.08. The van der Waals surface area contributed by atoms with Crippen LogP contribution in [-0.4, -0.2) is 45.1 Å². The summed E-state index contributed by atoms with van der Waals surface area (Å²) in [5.74, 6) is 0.538. The van der Waals surface area contributed by atoms with E-state index in [-0.39, 0.29) is 17.5 Å². The number of fused-ring (bicyclic) bond motifs is 1. The van der Waals surface area contributed by atoms with E-state index in [2.05, 4.69) is 0 Å². The van der Waals surface area contributed by atoms with E-state index in [0.29, 0.717) is 22.1 Å². The van der Waals surface area contributed by atoms with Crippen molar-refractivity contribution in [2.45, 2.75) is 12.1 Å². The van der Waals surface area contributed by atoms with Crippen LogP contribution in [0, 0.1) is 0 Å². The average molecular weight is 393 g/mol. The van der Waals surface area contributed by atoms with E-state index in [0.717, 1.165) is 0 Å². The van der Waals surface area contributed by atoms with Crippen molar-refractivity contribution < 1.29 is 17.9 Å². The second-order valence-electron chi connectivity index (χ2n) is 6.38. The Balaban J connectivity index is 1.80. The second kappa shape index (κ2) is 6.17. The monoisotopic (exact) mass is 392 g/mol. The zero-order valence-corrected chi connectivity index (χ0v) is 15.6. The second-order valence-corrected chi connectivity index (χ2v) is 8.94. The molecular formula is C18H17ClN2O4S. The summed E-state index contributed by atoms with van der Waals surface area (Å²) in [4.78, 5) is 16.3. The van der Waals surface area contributed by atoms with Crippen molar-refractivity contribution in [1.29, 1.82) is 0 Å². The number of amides is 2. The molecule has 0 spiro atoms. The van der Waals surface area contributed by atoms with Gasteiger partial charge in [-0.15, -0.1) is 0 Å². The molecule has 2 heterocycles. The Morgan fingerprint density at radius 3 is 2.23 bits per heavy atom. The van der Waals surface area contributed by atoms with Gasteiger partial charge < -0.3 is 4.74 Å². The number of ether oxygens (including phenoxy) is 1. The molecule has 0 aromatic heterocycles. The van der Waals surface area contributed by atoms with Gasteiger partial charge >= 0.3 is 6.03 Å². The van der Waals surface area contributed by atoms with E-state index in [4.69, 9.17) is 16.3 Å². The van der Waals surface area contributed by atoms with E-state index in [9.17, 15) is 13.2 Å². The molecule has 0 N–H and O–H groups in total. The van der Waals surface area contributed by atoms with Crippen LogP contribution in [0.4, 0.5) is 16.2 Å². The van der Waals surface area contributed by atoms with Crippen LogP contribution in [0.5, 0.6) is 5.75 Å². The SMILES string of the molecule is COc1ccc(N2C(=O)N(c3ccccc3Cl)[C@@H]3CS(=O)(=O)C[C@H]32)cc1. The maximum absolute atomic E-state index is 13.2. The van der Waals surface area contributed by atoms with Gasteiger partial charge in [0.05, 0.1) is 41.4 Å². The Hall–Kier alpha value is -2.25. The summed E-state index contributed by atoms with van der Waals surface area (Å²) in [6.07, 6.45) is 0. The molecule has 2 aromatic rings. The summed E-state index contributed by atoms with van der Waals surface area (Å²) in [7, 11) is -1.68. The van der Waals surface area contributed by atoms with E-state index in [1.54, 1.807) is 60.5 Å². The number of hydrogen-bond acceptors (Lipinski definition) is 4. The van der Waals surface area contributed by atoms with Gasteiger partial charge in [-0.1, -0.05) is 23.7 Å². The summed E-state index contributed by atoms with van der Waals surface area (Å²) in [5, 5.41) is 0.417. The third-order valence-electron chi connectivity index (χ3n) is 4.83. The number of carbonyl (C=O) groups excluding carboxylic acids is 1. The van der Waals surface area contributed by atoms with Crippen LogP contribution in [0.1, 0.15) is 0 Å². The number of benzene rings is 2. The number of urea groups is 1. The maximum Gasteiger partial charge on any atom is 0.329 e. The van der Waals surface area contributed by atoms with Crippen LogP contribution in [0.15, 0.2) is 48.5 Å². The topological polar surface area (TPSA) is 66.9 Å². The Morgan fingerprint density at radius 2 is 1.62 bits per heavy atom. The number of carbonyl (C=O) groups is 1. The predicted molar refractivity (Wildman–Crippen MR) is 101 cm³/mol. The van der Waals surface area contributed by atoms with Crippen LogP contribution in [0.3, 0.4) is 0 Å². The minimum absolute atomic E-state index is 0.0591. The van der Waals surface area contributed by atoms with Crippen LogP contribution in [0.2, 0.25) is 5.02 Å². The number of halogens is 1. The van der Waals surface area contributed by atoms with E-state index in [1.807, 2.05) is 0 Å². The highest BCUT2D eigenvalue weighted by Crippen LogP contribution is 2.40. The Labute approximate surface area is 156 Å². The Morgan fingerprint density at radius 1 is 1.00 bits per heavy atom. The average Bonchev–Trinajstić information content (AvgIpc) is 3.05. The summed E-state index contributed by atoms with van der Waals surface area (Å²) in [5.41, 5.74) is 1.17. The number of sulfone groups is 1. The smallest absolute Gasteiger partial charge is 0.329 e. The highest BCUT2D eigenvalue weighted by atomic mass is 35.5. The lowest BCUT2D eigenvalue weighted by molar-refractivity contribution is 0.255. The highest BCUT2D eigenvalue weighted by molar-refractivity contribution is 7.91. The van der Waals surface area contributed by atoms with Crippen molar-refractivity contribution in [3.05, 3.63) is 53.6 Å². The van der Waals surface area contributed by atoms with Crippen molar-refractivity contribution in [1.82, 2.24) is 0 Å². The zero-order valence-electron chi connectivity index (χ0n) is 14.0. The van der Waals surface area contributed by atoms with Gasteiger partial charge in [0.25, 0.3) is 0 Å². The molecule has 2 aliphatic rings. The third kappa shape index (κ3) is 2.71. The van der Waals surface area contributed by atoms with Crippen molar-refractivity contribution >= 4 is 38.8 Å². The lowest BCUT2D eigenvalue weighted by Gasteiger charge is -2.23. The van der Waals surface area contributed by atoms with Gasteiger partial charge in [-0.25, -0.2) is 13.2 Å². The van der Waals surface area contributed by atoms with Crippen molar-refractivity contribution in [2.24, 2.45) is 0 Å². The van der Waals surface area contributed by atoms with Gasteiger partial charge in [-0.3, -0.25) is 9.80 Å². The van der Waals surface area contributed by atoms with E-state index >= 15 is 0 Å². The molecule has 0 radical (unpaired) electrons. The van der Waals surface area contributed by atoms with Gasteiger partial charge in [0.15, 0.2) is 9.84 Å². The summed E-state index contributed by atoms with van der Waals surface area (Å²) < 4.78 is 29.7. The number of nitrogens with zero attached hydrogens (tertiary/aromatic N) is 2. The lowest BCUT2D eigenvalue weighted by atomic mass is 10.1. The summed E-state index contributed by atoms with van der Waals surface area (Å²) >= 11 is 6.29. The van der Waals surface area contributed by atoms with Gasteiger partial charge in [0.2, 0.25) is 0 Å². The van der Waals surface area contributed by atoms with E-state index in [1.165, 1.54) is 4.90 Å². The molecule has 2 atom stereocenters. The summed E-state index contributed by atoms with van der Waals surface area (Å²) in [6.45, 7) is 0. The molecule has 0 unspecified atom stereocenters. The number of rotatable bonds is 3. The molecule has 2 fully saturated rings. The normalized spacial score (nSPS) is 24.0. The molecule has 0 aliphatic carbocycles. The number of para-hydroxylation sites is 1. The van der Waals surface area contributed by atoms with E-state index < -0.39 is 21.9 Å². The summed E-state index contributed by atoms with van der Waals surface area (Å²) in [6, 6.07) is 12.8. The predicted octanol–water partition coefficient (Wildman–Crippen LogP) is 2.96. The number of hydrogen-bond donors (Lipinski definition) is 0. The molecule has 26 heavy (non-hydrogen) atoms. The first-order chi connectivity index (χ1) is 12.4. The lowest BCUT2D eigenvalue weighted by Crippen LogP contribution is -2.38. The fourth-order valence-corrected chi connectivity index (χ4v) is 5.82. The molecule has 2 aliphatic heterocycles. The largest absolute Gasteiger partial charge is 0.497 e. The van der Waals surface area contributed by atoms with Crippen molar-refractivity contribution in [3.8, 4) is 5.75 Å². The fraction of sp³-hybridized carbons (Fsp3) is 0.278. The molecular weight excluding hydrogens is 376 g/mol. The maximum atomic E-state index is 13.2. The van der Waals surface area contributed by atoms with Crippen LogP contribution in [-0.2, 0) is 9.84 Å². The van der Waals surface area contributed by atoms with Crippen LogP contribution < -0.4 is 14.5 Å². The quantitative estimate of drug-likeness (QED) is 0.753. The molecule has 8 heteroatoms. The molecule has 2 aromatic carbocycles. The molecule has 136 valence electrons. The van der Waals surface area contributed by atoms with Gasteiger partial charge in [0.1, 0.15) is 5.75 Å². The third-order valence-corrected chi connectivity index (χ3v) is 6.85. The van der Waals surface area contributed by atoms with Crippen LogP contribution in [0.25, 0.3) is 0 Å². The number of methoxy groups -OCH3 is 1. The molecule has 4 rings (SSSR count). The van der Waals surface area contributed by atoms with Gasteiger partial charge in [-0.05, 0) is 36.4 Å². The van der Waals surface area contributed by atoms with Crippen molar-refractivity contribution in [2.75, 3.05) is 28.4 Å². The van der Waals surface area contributed by atoms with Crippen LogP contribution >= 0.6 is 11.6 Å². The first kappa shape index (κ1) is 17.2. The molecule has 6 nitrogen and oxygen atoms in total. The molecule has 2 saturated heterocycles. The van der Waals surface area contributed by atoms with Gasteiger partial charge in [0, 0.05) is 5.69 Å². The standard InChI is InChI=1S/C18H17ClN2O4S/c1-25-13-8-6-12(7-9-13)20-16-10-26(23,24)11-17(16)21(18(20)22)15-5-3-2-4-14(15)19/h2-9,16-17H,10-11H2,1H3/t16-,17-/m1/s1. The molecule has 0 saturated carbocycles. The fourth-order valence-electron chi connectivity index (χ4n) is 3.68. The zero-order chi connectivity index (χ0) is 18.5. The minimum Gasteiger partial charge on any atom is -0.497 e. The molecule has 0 bridgehead atoms. The minimum atomic E-state index is -3.24. The Bertz CT molecular complexity index is 961. The molecule has 2 amide bonds. The number of anilines is 2. The van der Waals surface area contributed by atoms with Crippen molar-refractivity contribution in [3.63, 3.8) is 0 Å². The van der Waals surface area contributed by atoms with Gasteiger partial charge in [-0.2, -0.15) is 0 Å².